The molecule has 1 saturated heterocycles. The molecule has 3 heteroatoms. The zero-order chi connectivity index (χ0) is 13.4. The van der Waals surface area contributed by atoms with Gasteiger partial charge in [-0.1, -0.05) is 26.2 Å². The van der Waals surface area contributed by atoms with Crippen LogP contribution in [0.2, 0.25) is 0 Å². The van der Waals surface area contributed by atoms with E-state index in [2.05, 4.69) is 18.7 Å². The van der Waals surface area contributed by atoms with E-state index in [-0.39, 0.29) is 0 Å². The first-order chi connectivity index (χ1) is 8.65. The molecule has 0 spiro atoms. The standard InChI is InChI=1S/C15H30N2O/c1-13-8-7-9-14(2)17(12-13)15(18)10-5-3-4-6-11-16/h13-14H,3-12,16H2,1-2H3. The van der Waals surface area contributed by atoms with Crippen molar-refractivity contribution < 1.29 is 4.79 Å². The third kappa shape index (κ3) is 5.38. The number of rotatable bonds is 6. The summed E-state index contributed by atoms with van der Waals surface area (Å²) in [5.74, 6) is 1.03. The van der Waals surface area contributed by atoms with Gasteiger partial charge in [0.05, 0.1) is 0 Å². The highest BCUT2D eigenvalue weighted by Gasteiger charge is 2.24. The average molecular weight is 254 g/mol. The van der Waals surface area contributed by atoms with Crippen LogP contribution in [0.4, 0.5) is 0 Å². The van der Waals surface area contributed by atoms with Gasteiger partial charge in [0.2, 0.25) is 5.91 Å². The second-order valence-corrected chi connectivity index (χ2v) is 5.88. The molecule has 3 nitrogen and oxygen atoms in total. The van der Waals surface area contributed by atoms with Crippen LogP contribution < -0.4 is 5.73 Å². The summed E-state index contributed by atoms with van der Waals surface area (Å²) in [6.07, 6.45) is 8.84. The fraction of sp³-hybridized carbons (Fsp3) is 0.933. The van der Waals surface area contributed by atoms with Gasteiger partial charge in [0.15, 0.2) is 0 Å². The predicted molar refractivity (Wildman–Crippen MR) is 76.3 cm³/mol. The first kappa shape index (κ1) is 15.5. The van der Waals surface area contributed by atoms with Crippen molar-refractivity contribution in [3.8, 4) is 0 Å². The molecule has 1 amide bonds. The van der Waals surface area contributed by atoms with Crippen LogP contribution in [0.15, 0.2) is 0 Å². The fourth-order valence-electron chi connectivity index (χ4n) is 2.79. The van der Waals surface area contributed by atoms with Crippen molar-refractivity contribution in [2.24, 2.45) is 11.7 Å². The van der Waals surface area contributed by atoms with E-state index in [1.165, 1.54) is 19.3 Å². The zero-order valence-corrected chi connectivity index (χ0v) is 12.2. The Labute approximate surface area is 112 Å². The largest absolute Gasteiger partial charge is 0.340 e. The van der Waals surface area contributed by atoms with Crippen LogP contribution in [-0.2, 0) is 4.79 Å². The molecule has 0 aliphatic carbocycles. The summed E-state index contributed by atoms with van der Waals surface area (Å²) in [6, 6.07) is 0.437. The predicted octanol–water partition coefficient (Wildman–Crippen LogP) is 2.93. The minimum atomic E-state index is 0.365. The summed E-state index contributed by atoms with van der Waals surface area (Å²) < 4.78 is 0. The molecule has 1 heterocycles. The lowest BCUT2D eigenvalue weighted by atomic mass is 10.1. The molecular weight excluding hydrogens is 224 g/mol. The molecule has 1 aliphatic heterocycles. The maximum atomic E-state index is 12.2. The number of nitrogens with zero attached hydrogens (tertiary/aromatic N) is 1. The lowest BCUT2D eigenvalue weighted by Gasteiger charge is -2.28. The molecule has 0 saturated carbocycles. The smallest absolute Gasteiger partial charge is 0.222 e. The van der Waals surface area contributed by atoms with Gasteiger partial charge >= 0.3 is 0 Å². The molecule has 1 fully saturated rings. The number of hydrogen-bond donors (Lipinski definition) is 1. The number of carbonyl (C=O) groups is 1. The molecule has 0 radical (unpaired) electrons. The molecule has 0 aromatic carbocycles. The molecule has 2 N–H and O–H groups in total. The molecule has 0 bridgehead atoms. The Morgan fingerprint density at radius 1 is 1.17 bits per heavy atom. The minimum absolute atomic E-state index is 0.365. The Morgan fingerprint density at radius 3 is 2.61 bits per heavy atom. The second kappa shape index (κ2) is 8.52. The SMILES string of the molecule is CC1CCCC(C)N(C(=O)CCCCCCN)C1. The highest BCUT2D eigenvalue weighted by molar-refractivity contribution is 5.76. The molecule has 1 rings (SSSR count). The Morgan fingerprint density at radius 2 is 1.89 bits per heavy atom. The van der Waals surface area contributed by atoms with Gasteiger partial charge < -0.3 is 10.6 Å². The van der Waals surface area contributed by atoms with Crippen molar-refractivity contribution >= 4 is 5.91 Å². The van der Waals surface area contributed by atoms with Gasteiger partial charge in [-0.25, -0.2) is 0 Å². The third-order valence-electron chi connectivity index (χ3n) is 4.02. The molecule has 1 aliphatic rings. The van der Waals surface area contributed by atoms with Gasteiger partial charge in [0, 0.05) is 19.0 Å². The Kier molecular flexibility index (Phi) is 7.33. The summed E-state index contributed by atoms with van der Waals surface area (Å²) in [7, 11) is 0. The maximum Gasteiger partial charge on any atom is 0.222 e. The maximum absolute atomic E-state index is 12.2. The second-order valence-electron chi connectivity index (χ2n) is 5.88. The van der Waals surface area contributed by atoms with Crippen molar-refractivity contribution in [3.63, 3.8) is 0 Å². The first-order valence-electron chi connectivity index (χ1n) is 7.64. The van der Waals surface area contributed by atoms with Crippen LogP contribution in [0.25, 0.3) is 0 Å². The molecule has 2 atom stereocenters. The van der Waals surface area contributed by atoms with Gasteiger partial charge in [-0.05, 0) is 45.1 Å². The fourth-order valence-corrected chi connectivity index (χ4v) is 2.79. The summed E-state index contributed by atoms with van der Waals surface area (Å²) in [5.41, 5.74) is 5.46. The van der Waals surface area contributed by atoms with Crippen LogP contribution in [0, 0.1) is 5.92 Å². The topological polar surface area (TPSA) is 46.3 Å². The van der Waals surface area contributed by atoms with E-state index in [0.717, 1.165) is 45.2 Å². The van der Waals surface area contributed by atoms with Crippen LogP contribution in [-0.4, -0.2) is 29.9 Å². The van der Waals surface area contributed by atoms with Gasteiger partial charge in [-0.15, -0.1) is 0 Å². The Hall–Kier alpha value is -0.570. The zero-order valence-electron chi connectivity index (χ0n) is 12.2. The molecule has 0 aromatic heterocycles. The lowest BCUT2D eigenvalue weighted by Crippen LogP contribution is -2.39. The molecule has 2 unspecified atom stereocenters. The van der Waals surface area contributed by atoms with E-state index in [4.69, 9.17) is 5.73 Å². The Bertz CT molecular complexity index is 243. The molecule has 18 heavy (non-hydrogen) atoms. The van der Waals surface area contributed by atoms with Crippen LogP contribution in [0.3, 0.4) is 0 Å². The van der Waals surface area contributed by atoms with Gasteiger partial charge in [-0.3, -0.25) is 4.79 Å². The van der Waals surface area contributed by atoms with E-state index in [0.29, 0.717) is 17.9 Å². The molecular formula is C15H30N2O. The van der Waals surface area contributed by atoms with Crippen LogP contribution in [0.5, 0.6) is 0 Å². The summed E-state index contributed by atoms with van der Waals surface area (Å²) >= 11 is 0. The van der Waals surface area contributed by atoms with E-state index in [9.17, 15) is 4.79 Å². The van der Waals surface area contributed by atoms with Gasteiger partial charge in [0.1, 0.15) is 0 Å². The average Bonchev–Trinajstić information content (AvgIpc) is 2.51. The molecule has 106 valence electrons. The van der Waals surface area contributed by atoms with E-state index in [1.807, 2.05) is 0 Å². The first-order valence-corrected chi connectivity index (χ1v) is 7.64. The summed E-state index contributed by atoms with van der Waals surface area (Å²) in [5, 5.41) is 0. The van der Waals surface area contributed by atoms with Crippen molar-refractivity contribution in [2.75, 3.05) is 13.1 Å². The normalized spacial score (nSPS) is 24.9. The number of likely N-dealkylation sites (tertiary alicyclic amines) is 1. The van der Waals surface area contributed by atoms with Gasteiger partial charge in [-0.2, -0.15) is 0 Å². The monoisotopic (exact) mass is 254 g/mol. The quantitative estimate of drug-likeness (QED) is 0.741. The number of amides is 1. The van der Waals surface area contributed by atoms with Gasteiger partial charge in [0.25, 0.3) is 0 Å². The number of hydrogen-bond acceptors (Lipinski definition) is 2. The van der Waals surface area contributed by atoms with Crippen molar-refractivity contribution in [2.45, 2.75) is 71.3 Å². The summed E-state index contributed by atoms with van der Waals surface area (Å²) in [6.45, 7) is 6.20. The number of unbranched alkanes of at least 4 members (excludes halogenated alkanes) is 3. The molecule has 0 aromatic rings. The summed E-state index contributed by atoms with van der Waals surface area (Å²) in [4.78, 5) is 14.4. The highest BCUT2D eigenvalue weighted by Crippen LogP contribution is 2.21. The Balaban J connectivity index is 2.29. The minimum Gasteiger partial charge on any atom is -0.340 e. The van der Waals surface area contributed by atoms with Crippen LogP contribution in [0.1, 0.15) is 65.2 Å². The van der Waals surface area contributed by atoms with E-state index in [1.54, 1.807) is 0 Å². The van der Waals surface area contributed by atoms with Crippen molar-refractivity contribution in [3.05, 3.63) is 0 Å². The number of nitrogens with two attached hydrogens (primary N) is 1. The highest BCUT2D eigenvalue weighted by atomic mass is 16.2. The third-order valence-corrected chi connectivity index (χ3v) is 4.02. The lowest BCUT2D eigenvalue weighted by molar-refractivity contribution is -0.133. The van der Waals surface area contributed by atoms with Crippen molar-refractivity contribution in [1.29, 1.82) is 0 Å². The number of carbonyl (C=O) groups excluding carboxylic acids is 1. The van der Waals surface area contributed by atoms with E-state index < -0.39 is 0 Å². The van der Waals surface area contributed by atoms with E-state index >= 15 is 0 Å². The van der Waals surface area contributed by atoms with Crippen LogP contribution >= 0.6 is 0 Å². The van der Waals surface area contributed by atoms with Crippen molar-refractivity contribution in [1.82, 2.24) is 4.90 Å².